The van der Waals surface area contributed by atoms with Gasteiger partial charge in [-0.25, -0.2) is 9.38 Å². The van der Waals surface area contributed by atoms with Crippen molar-refractivity contribution in [2.75, 3.05) is 0 Å². The minimum Gasteiger partial charge on any atom is -0.317 e. The summed E-state index contributed by atoms with van der Waals surface area (Å²) >= 11 is 4.88. The van der Waals surface area contributed by atoms with Gasteiger partial charge in [0.05, 0.1) is 16.3 Å². The number of aromatic nitrogens is 1. The Morgan fingerprint density at radius 1 is 1.14 bits per heavy atom. The van der Waals surface area contributed by atoms with Gasteiger partial charge in [-0.15, -0.1) is 0 Å². The van der Waals surface area contributed by atoms with E-state index in [2.05, 4.69) is 36.9 Å². The molecule has 1 aromatic heterocycles. The Labute approximate surface area is 180 Å². The Kier molecular flexibility index (Phi) is 5.43. The van der Waals surface area contributed by atoms with Gasteiger partial charge in [0.1, 0.15) is 5.82 Å². The first-order valence-electron chi connectivity index (χ1n) is 8.91. The fraction of sp³-hybridized carbons (Fsp3) is 0.0909. The number of nitrogens with zero attached hydrogens (tertiary/aromatic N) is 2. The first kappa shape index (κ1) is 19.7. The van der Waals surface area contributed by atoms with E-state index in [4.69, 9.17) is 0 Å². The number of aliphatic imine (C=N–C) groups is 1. The van der Waals surface area contributed by atoms with Crippen molar-refractivity contribution in [1.29, 1.82) is 0 Å². The number of rotatable bonds is 3. The third kappa shape index (κ3) is 4.06. The third-order valence-electron chi connectivity index (χ3n) is 4.56. The van der Waals surface area contributed by atoms with Crippen molar-refractivity contribution in [3.05, 3.63) is 86.7 Å². The molecule has 0 saturated carbocycles. The quantitative estimate of drug-likeness (QED) is 0.486. The molecule has 0 spiro atoms. The van der Waals surface area contributed by atoms with E-state index in [1.807, 2.05) is 44.2 Å². The molecule has 1 saturated heterocycles. The second-order valence-corrected chi connectivity index (χ2v) is 8.46. The van der Waals surface area contributed by atoms with Crippen LogP contribution in [0.15, 0.2) is 69.0 Å². The minimum atomic E-state index is -0.321. The predicted octanol–water partition coefficient (Wildman–Crippen LogP) is 5.89. The van der Waals surface area contributed by atoms with Gasteiger partial charge >= 0.3 is 0 Å². The van der Waals surface area contributed by atoms with Crippen LogP contribution in [0.25, 0.3) is 11.8 Å². The van der Waals surface area contributed by atoms with E-state index in [9.17, 15) is 9.18 Å². The molecule has 29 heavy (non-hydrogen) atoms. The molecule has 2 aromatic carbocycles. The van der Waals surface area contributed by atoms with Gasteiger partial charge in [-0.3, -0.25) is 4.79 Å². The molecule has 4 nitrogen and oxygen atoms in total. The molecule has 0 unspecified atom stereocenters. The number of carbonyl (C=O) groups is 1. The summed E-state index contributed by atoms with van der Waals surface area (Å²) in [4.78, 5) is 17.3. The second-order valence-electron chi connectivity index (χ2n) is 6.57. The maximum Gasteiger partial charge on any atom is 0.264 e. The standard InChI is InChI=1S/C22H17BrFN3OS/c1-13-11-15(14(2)27(13)19-6-4-3-5-18(19)23)12-20-21(28)26-22(29-20)25-17-9-7-16(24)8-10-17/h3-12H,1-2H3,(H,25,26,28)/b20-12+. The lowest BCUT2D eigenvalue weighted by Gasteiger charge is -2.11. The molecule has 1 amide bonds. The predicted molar refractivity (Wildman–Crippen MR) is 120 cm³/mol. The Morgan fingerprint density at radius 3 is 2.59 bits per heavy atom. The van der Waals surface area contributed by atoms with Gasteiger partial charge in [0, 0.05) is 15.9 Å². The molecular weight excluding hydrogens is 453 g/mol. The Balaban J connectivity index is 1.65. The van der Waals surface area contributed by atoms with Crippen molar-refractivity contribution < 1.29 is 9.18 Å². The summed E-state index contributed by atoms with van der Waals surface area (Å²) in [6.07, 6.45) is 1.88. The summed E-state index contributed by atoms with van der Waals surface area (Å²) in [6, 6.07) is 15.9. The topological polar surface area (TPSA) is 46.4 Å². The fourth-order valence-corrected chi connectivity index (χ4v) is 4.49. The van der Waals surface area contributed by atoms with Crippen LogP contribution >= 0.6 is 27.7 Å². The van der Waals surface area contributed by atoms with Crippen LogP contribution in [0.5, 0.6) is 0 Å². The number of thioether (sulfide) groups is 1. The first-order chi connectivity index (χ1) is 13.9. The summed E-state index contributed by atoms with van der Waals surface area (Å²) in [7, 11) is 0. The summed E-state index contributed by atoms with van der Waals surface area (Å²) in [5.74, 6) is -0.514. The molecule has 0 aliphatic carbocycles. The van der Waals surface area contributed by atoms with Gasteiger partial charge in [-0.1, -0.05) is 12.1 Å². The molecule has 146 valence electrons. The van der Waals surface area contributed by atoms with Crippen molar-refractivity contribution in [3.8, 4) is 5.69 Å². The summed E-state index contributed by atoms with van der Waals surface area (Å²) in [5.41, 5.74) is 4.72. The zero-order valence-electron chi connectivity index (χ0n) is 15.7. The van der Waals surface area contributed by atoms with Crippen LogP contribution in [0.2, 0.25) is 0 Å². The van der Waals surface area contributed by atoms with Crippen molar-refractivity contribution in [3.63, 3.8) is 0 Å². The lowest BCUT2D eigenvalue weighted by atomic mass is 10.2. The number of halogens is 2. The van der Waals surface area contributed by atoms with Gasteiger partial charge in [0.25, 0.3) is 5.91 Å². The van der Waals surface area contributed by atoms with Gasteiger partial charge in [-0.05, 0) is 95.6 Å². The van der Waals surface area contributed by atoms with Crippen LogP contribution in [0, 0.1) is 19.7 Å². The van der Waals surface area contributed by atoms with Crippen LogP contribution in [0.4, 0.5) is 10.1 Å². The maximum atomic E-state index is 13.0. The Bertz CT molecular complexity index is 1170. The van der Waals surface area contributed by atoms with Gasteiger partial charge in [0.15, 0.2) is 5.17 Å². The SMILES string of the molecule is Cc1cc(/C=C2/SC(=Nc3ccc(F)cc3)NC2=O)c(C)n1-c1ccccc1Br. The van der Waals surface area contributed by atoms with Crippen molar-refractivity contribution in [1.82, 2.24) is 9.88 Å². The number of aryl methyl sites for hydroxylation is 1. The molecule has 4 rings (SSSR count). The van der Waals surface area contributed by atoms with Crippen molar-refractivity contribution in [2.45, 2.75) is 13.8 Å². The highest BCUT2D eigenvalue weighted by Gasteiger charge is 2.24. The third-order valence-corrected chi connectivity index (χ3v) is 6.14. The minimum absolute atomic E-state index is 0.193. The van der Waals surface area contributed by atoms with Gasteiger partial charge in [-0.2, -0.15) is 0 Å². The molecule has 1 fully saturated rings. The van der Waals surface area contributed by atoms with E-state index < -0.39 is 0 Å². The normalized spacial score (nSPS) is 16.6. The molecule has 1 aliphatic rings. The molecular formula is C22H17BrFN3OS. The number of amides is 1. The average molecular weight is 470 g/mol. The van der Waals surface area contributed by atoms with Crippen molar-refractivity contribution in [2.24, 2.45) is 4.99 Å². The number of nitrogens with one attached hydrogen (secondary N) is 1. The molecule has 1 N–H and O–H groups in total. The van der Waals surface area contributed by atoms with Crippen LogP contribution in [0.1, 0.15) is 17.0 Å². The van der Waals surface area contributed by atoms with Crippen LogP contribution in [-0.4, -0.2) is 15.6 Å². The molecule has 0 bridgehead atoms. The fourth-order valence-electron chi connectivity index (χ4n) is 3.19. The van der Waals surface area contributed by atoms with E-state index in [1.54, 1.807) is 12.1 Å². The molecule has 0 atom stereocenters. The van der Waals surface area contributed by atoms with E-state index in [0.29, 0.717) is 15.8 Å². The number of hydrogen-bond donors (Lipinski definition) is 1. The highest BCUT2D eigenvalue weighted by atomic mass is 79.9. The summed E-state index contributed by atoms with van der Waals surface area (Å²) < 4.78 is 16.2. The number of amidine groups is 1. The smallest absolute Gasteiger partial charge is 0.264 e. The molecule has 7 heteroatoms. The van der Waals surface area contributed by atoms with E-state index in [-0.39, 0.29) is 11.7 Å². The Morgan fingerprint density at radius 2 is 1.86 bits per heavy atom. The van der Waals surface area contributed by atoms with E-state index >= 15 is 0 Å². The number of benzene rings is 2. The maximum absolute atomic E-state index is 13.0. The van der Waals surface area contributed by atoms with E-state index in [1.165, 1.54) is 23.9 Å². The highest BCUT2D eigenvalue weighted by molar-refractivity contribution is 9.10. The summed E-state index contributed by atoms with van der Waals surface area (Å²) in [6.45, 7) is 4.07. The second kappa shape index (κ2) is 8.00. The van der Waals surface area contributed by atoms with Gasteiger partial charge < -0.3 is 9.88 Å². The lowest BCUT2D eigenvalue weighted by molar-refractivity contribution is -0.115. The largest absolute Gasteiger partial charge is 0.317 e. The van der Waals surface area contributed by atoms with Gasteiger partial charge in [0.2, 0.25) is 0 Å². The lowest BCUT2D eigenvalue weighted by Crippen LogP contribution is -2.19. The Hall–Kier alpha value is -2.64. The van der Waals surface area contributed by atoms with Crippen molar-refractivity contribution >= 4 is 50.5 Å². The highest BCUT2D eigenvalue weighted by Crippen LogP contribution is 2.32. The molecule has 0 radical (unpaired) electrons. The summed E-state index contributed by atoms with van der Waals surface area (Å²) in [5, 5.41) is 3.25. The van der Waals surface area contributed by atoms with Crippen LogP contribution in [-0.2, 0) is 4.79 Å². The zero-order valence-corrected chi connectivity index (χ0v) is 18.1. The molecule has 2 heterocycles. The van der Waals surface area contributed by atoms with E-state index in [0.717, 1.165) is 27.1 Å². The van der Waals surface area contributed by atoms with Crippen LogP contribution in [0.3, 0.4) is 0 Å². The van der Waals surface area contributed by atoms with Crippen LogP contribution < -0.4 is 5.32 Å². The number of carbonyl (C=O) groups excluding carboxylic acids is 1. The molecule has 1 aliphatic heterocycles. The number of para-hydroxylation sites is 1. The first-order valence-corrected chi connectivity index (χ1v) is 10.5. The zero-order chi connectivity index (χ0) is 20.5. The molecule has 3 aromatic rings. The number of hydrogen-bond acceptors (Lipinski definition) is 3. The monoisotopic (exact) mass is 469 g/mol. The average Bonchev–Trinajstić information content (AvgIpc) is 3.17.